The van der Waals surface area contributed by atoms with Gasteiger partial charge in [-0.15, -0.1) is 0 Å². The highest BCUT2D eigenvalue weighted by molar-refractivity contribution is 9.13. The van der Waals surface area contributed by atoms with Crippen LogP contribution in [0.3, 0.4) is 0 Å². The zero-order valence-corrected chi connectivity index (χ0v) is 15.3. The minimum absolute atomic E-state index is 0.276. The monoisotopic (exact) mass is 412 g/mol. The molecule has 0 unspecified atom stereocenters. The molecule has 2 nitrogen and oxygen atoms in total. The quantitative estimate of drug-likeness (QED) is 0.778. The Hall–Kier alpha value is -0.913. The summed E-state index contributed by atoms with van der Waals surface area (Å²) in [6.45, 7) is 4.52. The molecule has 104 valence electrons. The van der Waals surface area contributed by atoms with Gasteiger partial charge in [0.1, 0.15) is 8.07 Å². The van der Waals surface area contributed by atoms with E-state index in [2.05, 4.69) is 57.1 Å². The number of carboxylic acid groups (broad SMARTS) is 1. The zero-order chi connectivity index (χ0) is 14.9. The summed E-state index contributed by atoms with van der Waals surface area (Å²) in [6.07, 6.45) is 0. The van der Waals surface area contributed by atoms with Crippen LogP contribution in [0.15, 0.2) is 51.4 Å². The van der Waals surface area contributed by atoms with Crippen molar-refractivity contribution in [2.75, 3.05) is 0 Å². The fourth-order valence-corrected chi connectivity index (χ4v) is 7.25. The third-order valence-electron chi connectivity index (χ3n) is 3.48. The van der Waals surface area contributed by atoms with Crippen molar-refractivity contribution < 1.29 is 9.90 Å². The lowest BCUT2D eigenvalue weighted by Gasteiger charge is -2.25. The first-order valence-electron chi connectivity index (χ1n) is 6.13. The highest BCUT2D eigenvalue weighted by Gasteiger charge is 2.29. The van der Waals surface area contributed by atoms with E-state index in [1.165, 1.54) is 10.4 Å². The standard InChI is InChI=1S/C15H14Br2O2Si/c1-20(2,10-6-4-3-5-7-10)12-9-8-11(15(18)19)13(16)14(12)17/h3-9H,1-2H3,(H,18,19). The molecule has 0 atom stereocenters. The molecule has 0 aliphatic rings. The number of hydrogen-bond acceptors (Lipinski definition) is 1. The fraction of sp³-hybridized carbons (Fsp3) is 0.133. The normalized spacial score (nSPS) is 11.4. The Balaban J connectivity index is 2.59. The molecule has 20 heavy (non-hydrogen) atoms. The van der Waals surface area contributed by atoms with Crippen molar-refractivity contribution in [3.63, 3.8) is 0 Å². The molecule has 5 heteroatoms. The lowest BCUT2D eigenvalue weighted by atomic mass is 10.2. The summed E-state index contributed by atoms with van der Waals surface area (Å²) in [5.41, 5.74) is 0.276. The summed E-state index contributed by atoms with van der Waals surface area (Å²) >= 11 is 6.95. The minimum Gasteiger partial charge on any atom is -0.478 e. The number of carbonyl (C=O) groups is 1. The van der Waals surface area contributed by atoms with Crippen molar-refractivity contribution in [3.8, 4) is 0 Å². The number of aromatic carboxylic acids is 1. The molecular formula is C15H14Br2O2Si. The Morgan fingerprint density at radius 2 is 1.60 bits per heavy atom. The molecule has 2 aromatic rings. The van der Waals surface area contributed by atoms with E-state index in [1.807, 2.05) is 24.3 Å². The second-order valence-corrected chi connectivity index (χ2v) is 11.0. The second-order valence-electron chi connectivity index (χ2n) is 5.08. The highest BCUT2D eigenvalue weighted by Crippen LogP contribution is 2.27. The van der Waals surface area contributed by atoms with E-state index in [9.17, 15) is 4.79 Å². The summed E-state index contributed by atoms with van der Waals surface area (Å²) in [5.74, 6) is -0.927. The fourth-order valence-electron chi connectivity index (χ4n) is 2.21. The number of benzene rings is 2. The molecule has 0 heterocycles. The molecule has 0 fully saturated rings. The Labute approximate surface area is 136 Å². The summed E-state index contributed by atoms with van der Waals surface area (Å²) < 4.78 is 1.46. The van der Waals surface area contributed by atoms with Crippen LogP contribution in [0.2, 0.25) is 13.1 Å². The molecule has 2 aromatic carbocycles. The van der Waals surface area contributed by atoms with Gasteiger partial charge < -0.3 is 5.11 Å². The molecule has 0 aliphatic heterocycles. The van der Waals surface area contributed by atoms with Gasteiger partial charge in [0.2, 0.25) is 0 Å². The molecule has 0 saturated carbocycles. The SMILES string of the molecule is C[Si](C)(c1ccccc1)c1ccc(C(=O)O)c(Br)c1Br. The van der Waals surface area contributed by atoms with E-state index in [0.717, 1.165) is 4.47 Å². The largest absolute Gasteiger partial charge is 0.478 e. The van der Waals surface area contributed by atoms with Crippen LogP contribution < -0.4 is 10.4 Å². The van der Waals surface area contributed by atoms with Gasteiger partial charge in [-0.2, -0.15) is 0 Å². The Morgan fingerprint density at radius 1 is 1.00 bits per heavy atom. The summed E-state index contributed by atoms with van der Waals surface area (Å²) in [4.78, 5) is 11.2. The lowest BCUT2D eigenvalue weighted by Crippen LogP contribution is -2.53. The van der Waals surface area contributed by atoms with Crippen LogP contribution in [-0.4, -0.2) is 19.1 Å². The van der Waals surface area contributed by atoms with Gasteiger partial charge in [-0.25, -0.2) is 4.79 Å². The number of rotatable bonds is 3. The maximum Gasteiger partial charge on any atom is 0.336 e. The van der Waals surface area contributed by atoms with Gasteiger partial charge in [-0.3, -0.25) is 0 Å². The predicted octanol–water partition coefficient (Wildman–Crippen LogP) is 3.73. The van der Waals surface area contributed by atoms with Crippen LogP contribution in [0, 0.1) is 0 Å². The van der Waals surface area contributed by atoms with Crippen LogP contribution in [0.4, 0.5) is 0 Å². The van der Waals surface area contributed by atoms with E-state index in [0.29, 0.717) is 4.47 Å². The molecule has 0 spiro atoms. The third kappa shape index (κ3) is 2.75. The Bertz CT molecular complexity index is 654. The Morgan fingerprint density at radius 3 is 2.15 bits per heavy atom. The molecular weight excluding hydrogens is 400 g/mol. The molecule has 0 aromatic heterocycles. The molecule has 0 saturated heterocycles. The highest BCUT2D eigenvalue weighted by atomic mass is 79.9. The van der Waals surface area contributed by atoms with Crippen LogP contribution in [-0.2, 0) is 0 Å². The Kier molecular flexibility index (Phi) is 4.51. The van der Waals surface area contributed by atoms with Crippen molar-refractivity contribution >= 4 is 56.3 Å². The molecule has 1 N–H and O–H groups in total. The average Bonchev–Trinajstić information content (AvgIpc) is 2.42. The van der Waals surface area contributed by atoms with Crippen LogP contribution in [0.5, 0.6) is 0 Å². The molecule has 0 aliphatic carbocycles. The second kappa shape index (κ2) is 5.83. The topological polar surface area (TPSA) is 37.3 Å². The minimum atomic E-state index is -1.86. The first kappa shape index (κ1) is 15.5. The van der Waals surface area contributed by atoms with Crippen molar-refractivity contribution in [2.45, 2.75) is 13.1 Å². The number of carboxylic acids is 1. The van der Waals surface area contributed by atoms with Crippen LogP contribution in [0.1, 0.15) is 10.4 Å². The van der Waals surface area contributed by atoms with Crippen LogP contribution in [0.25, 0.3) is 0 Å². The zero-order valence-electron chi connectivity index (χ0n) is 11.2. The van der Waals surface area contributed by atoms with E-state index >= 15 is 0 Å². The van der Waals surface area contributed by atoms with E-state index < -0.39 is 14.0 Å². The summed E-state index contributed by atoms with van der Waals surface area (Å²) in [6, 6.07) is 14.0. The van der Waals surface area contributed by atoms with Crippen molar-refractivity contribution in [1.29, 1.82) is 0 Å². The van der Waals surface area contributed by atoms with Gasteiger partial charge in [0, 0.05) is 8.95 Å². The van der Waals surface area contributed by atoms with Gasteiger partial charge >= 0.3 is 5.97 Å². The van der Waals surface area contributed by atoms with Gasteiger partial charge in [0.05, 0.1) is 5.56 Å². The van der Waals surface area contributed by atoms with Gasteiger partial charge in [-0.05, 0) is 43.1 Å². The first-order valence-corrected chi connectivity index (χ1v) is 10.7. The maximum absolute atomic E-state index is 11.2. The molecule has 0 radical (unpaired) electrons. The number of hydrogen-bond donors (Lipinski definition) is 1. The van der Waals surface area contributed by atoms with Crippen molar-refractivity contribution in [2.24, 2.45) is 0 Å². The molecule has 0 bridgehead atoms. The summed E-state index contributed by atoms with van der Waals surface area (Å²) in [5, 5.41) is 11.7. The molecule has 2 rings (SSSR count). The van der Waals surface area contributed by atoms with E-state index in [1.54, 1.807) is 6.07 Å². The number of halogens is 2. The third-order valence-corrected chi connectivity index (χ3v) is 9.57. The van der Waals surface area contributed by atoms with Gasteiger partial charge in [0.25, 0.3) is 0 Å². The predicted molar refractivity (Wildman–Crippen MR) is 92.0 cm³/mol. The van der Waals surface area contributed by atoms with E-state index in [-0.39, 0.29) is 5.56 Å². The first-order chi connectivity index (χ1) is 9.35. The van der Waals surface area contributed by atoms with Gasteiger partial charge in [-0.1, -0.05) is 54.7 Å². The average molecular weight is 414 g/mol. The summed E-state index contributed by atoms with van der Waals surface area (Å²) in [7, 11) is -1.86. The van der Waals surface area contributed by atoms with E-state index in [4.69, 9.17) is 5.11 Å². The molecule has 0 amide bonds. The smallest absolute Gasteiger partial charge is 0.336 e. The lowest BCUT2D eigenvalue weighted by molar-refractivity contribution is 0.0696. The maximum atomic E-state index is 11.2. The van der Waals surface area contributed by atoms with Gasteiger partial charge in [0.15, 0.2) is 0 Å². The van der Waals surface area contributed by atoms with Crippen molar-refractivity contribution in [3.05, 3.63) is 57.0 Å². The van der Waals surface area contributed by atoms with Crippen molar-refractivity contribution in [1.82, 2.24) is 0 Å². The van der Waals surface area contributed by atoms with Crippen LogP contribution >= 0.6 is 31.9 Å².